The van der Waals surface area contributed by atoms with E-state index in [0.29, 0.717) is 70.0 Å². The first-order chi connectivity index (χ1) is 25.1. The molecule has 2 aromatic heterocycles. The van der Waals surface area contributed by atoms with E-state index in [1.165, 1.54) is 0 Å². The molecule has 2 unspecified atom stereocenters. The number of fused-ring (bicyclic) bond motifs is 2. The summed E-state index contributed by atoms with van der Waals surface area (Å²) in [7, 11) is 3.50. The molecule has 2 aliphatic carbocycles. The first-order valence-electron chi connectivity index (χ1n) is 18.1. The number of urea groups is 1. The molecule has 1 aromatic carbocycles. The van der Waals surface area contributed by atoms with Crippen molar-refractivity contribution in [3.8, 4) is 0 Å². The van der Waals surface area contributed by atoms with Crippen molar-refractivity contribution in [2.45, 2.75) is 69.4 Å². The molecule has 2 N–H and O–H groups in total. The minimum atomic E-state index is -0.830. The average molecular weight is 731 g/mol. The van der Waals surface area contributed by atoms with E-state index in [4.69, 9.17) is 26.1 Å². The van der Waals surface area contributed by atoms with E-state index in [9.17, 15) is 14.4 Å². The summed E-state index contributed by atoms with van der Waals surface area (Å²) in [6, 6.07) is 9.07. The van der Waals surface area contributed by atoms with Gasteiger partial charge >= 0.3 is 12.1 Å². The average Bonchev–Trinajstić information content (AvgIpc) is 3.86. The maximum absolute atomic E-state index is 13.7. The zero-order valence-electron chi connectivity index (χ0n) is 30.2. The van der Waals surface area contributed by atoms with Gasteiger partial charge in [-0.05, 0) is 73.2 Å². The highest BCUT2D eigenvalue weighted by Crippen LogP contribution is 2.46. The van der Waals surface area contributed by atoms with E-state index in [1.54, 1.807) is 35.6 Å². The lowest BCUT2D eigenvalue weighted by Gasteiger charge is -2.40. The minimum absolute atomic E-state index is 0.0702. The van der Waals surface area contributed by atoms with E-state index < -0.39 is 11.6 Å². The minimum Gasteiger partial charge on any atom is -0.446 e. The summed E-state index contributed by atoms with van der Waals surface area (Å²) >= 11 is 6.73. The van der Waals surface area contributed by atoms with Gasteiger partial charge in [-0.3, -0.25) is 14.7 Å². The van der Waals surface area contributed by atoms with Crippen molar-refractivity contribution in [3.05, 3.63) is 82.2 Å². The smallest absolute Gasteiger partial charge is 0.410 e. The van der Waals surface area contributed by atoms with Crippen LogP contribution in [0.1, 0.15) is 79.7 Å². The predicted octanol–water partition coefficient (Wildman–Crippen LogP) is 4.79. The lowest BCUT2D eigenvalue weighted by atomic mass is 9.89. The molecule has 2 aliphatic heterocycles. The fourth-order valence-electron chi connectivity index (χ4n) is 7.55. The van der Waals surface area contributed by atoms with Crippen LogP contribution in [0.2, 0.25) is 5.02 Å². The highest BCUT2D eigenvalue weighted by Gasteiger charge is 2.51. The number of carbonyl (C=O) groups is 3. The topological polar surface area (TPSA) is 134 Å². The molecule has 3 fully saturated rings. The molecule has 14 heteroatoms. The van der Waals surface area contributed by atoms with Gasteiger partial charge in [0.2, 0.25) is 0 Å². The summed E-state index contributed by atoms with van der Waals surface area (Å²) in [5.74, 6) is -0.164. The van der Waals surface area contributed by atoms with Crippen LogP contribution < -0.4 is 10.6 Å². The third-order valence-electron chi connectivity index (χ3n) is 10.7. The molecule has 0 bridgehead atoms. The molecule has 1 saturated carbocycles. The molecule has 2 atom stereocenters. The largest absolute Gasteiger partial charge is 0.446 e. The van der Waals surface area contributed by atoms with Crippen LogP contribution in [-0.2, 0) is 21.3 Å². The lowest BCUT2D eigenvalue weighted by molar-refractivity contribution is -0.134. The Hall–Kier alpha value is -4.46. The van der Waals surface area contributed by atoms with Gasteiger partial charge in [-0.25, -0.2) is 14.6 Å². The second-order valence-corrected chi connectivity index (χ2v) is 14.9. The fraction of sp³-hybridized carbons (Fsp3) is 0.500. The van der Waals surface area contributed by atoms with Crippen molar-refractivity contribution < 1.29 is 23.9 Å². The van der Waals surface area contributed by atoms with Crippen LogP contribution >= 0.6 is 11.6 Å². The number of nitrogens with zero attached hydrogens (tertiary/aromatic N) is 6. The zero-order chi connectivity index (χ0) is 36.6. The normalized spacial score (nSPS) is 20.7. The first-order valence-corrected chi connectivity index (χ1v) is 18.5. The number of piperazine rings is 1. The molecule has 3 aromatic rings. The van der Waals surface area contributed by atoms with Crippen LogP contribution in [0.25, 0.3) is 11.6 Å². The fourth-order valence-corrected chi connectivity index (χ4v) is 7.72. The Bertz CT molecular complexity index is 1840. The third-order valence-corrected chi connectivity index (χ3v) is 10.9. The van der Waals surface area contributed by atoms with Gasteiger partial charge in [-0.1, -0.05) is 23.7 Å². The molecular formula is C38H47ClN8O5. The van der Waals surface area contributed by atoms with Crippen molar-refractivity contribution in [2.24, 2.45) is 7.05 Å². The van der Waals surface area contributed by atoms with Crippen molar-refractivity contribution in [2.75, 3.05) is 46.4 Å². The molecule has 4 heterocycles. The molecular weight excluding hydrogens is 684 g/mol. The van der Waals surface area contributed by atoms with E-state index in [-0.39, 0.29) is 36.2 Å². The number of likely N-dealkylation sites (tertiary alicyclic amines) is 1. The Labute approximate surface area is 309 Å². The number of pyridine rings is 1. The van der Waals surface area contributed by atoms with E-state index >= 15 is 0 Å². The van der Waals surface area contributed by atoms with Crippen LogP contribution in [0.5, 0.6) is 0 Å². The highest BCUT2D eigenvalue weighted by molar-refractivity contribution is 6.30. The van der Waals surface area contributed by atoms with Crippen LogP contribution in [-0.4, -0.2) is 111 Å². The number of aromatic nitrogens is 3. The summed E-state index contributed by atoms with van der Waals surface area (Å²) in [6.07, 6.45) is 9.44. The van der Waals surface area contributed by atoms with E-state index in [1.807, 2.05) is 55.8 Å². The SMILES string of the molecule is COC1(C(=O)NC(C2=Cc3cccnc3C(N3CCN(C(=O)OC4CCN(C(=O)NC(C)C)CC4)CC3)c3ccc(Cl)cc32)c2cncn2C)CC1. The third kappa shape index (κ3) is 7.26. The van der Waals surface area contributed by atoms with Crippen molar-refractivity contribution in [1.29, 1.82) is 0 Å². The number of halogens is 1. The number of ether oxygens (including phenoxy) is 2. The van der Waals surface area contributed by atoms with Crippen LogP contribution in [0, 0.1) is 0 Å². The molecule has 7 rings (SSSR count). The Morgan fingerprint density at radius 3 is 2.40 bits per heavy atom. The molecule has 13 nitrogen and oxygen atoms in total. The number of hydrogen-bond donors (Lipinski definition) is 2. The number of rotatable bonds is 8. The quantitative estimate of drug-likeness (QED) is 0.338. The van der Waals surface area contributed by atoms with Gasteiger partial charge in [-0.2, -0.15) is 0 Å². The van der Waals surface area contributed by atoms with E-state index in [0.717, 1.165) is 33.7 Å². The summed E-state index contributed by atoms with van der Waals surface area (Å²) in [5, 5.41) is 6.82. The number of carbonyl (C=O) groups excluding carboxylic acids is 3. The number of imidazole rings is 1. The molecule has 2 saturated heterocycles. The van der Waals surface area contributed by atoms with E-state index in [2.05, 4.69) is 26.6 Å². The number of piperidine rings is 1. The molecule has 0 radical (unpaired) electrons. The molecule has 4 aliphatic rings. The van der Waals surface area contributed by atoms with Crippen molar-refractivity contribution in [3.63, 3.8) is 0 Å². The Kier molecular flexibility index (Phi) is 10.3. The molecule has 276 valence electrons. The highest BCUT2D eigenvalue weighted by atomic mass is 35.5. The Morgan fingerprint density at radius 1 is 1.00 bits per heavy atom. The monoisotopic (exact) mass is 730 g/mol. The number of aryl methyl sites for hydroxylation is 1. The van der Waals surface area contributed by atoms with Gasteiger partial charge in [0.1, 0.15) is 11.7 Å². The maximum atomic E-state index is 13.7. The number of hydrogen-bond acceptors (Lipinski definition) is 8. The van der Waals surface area contributed by atoms with Crippen LogP contribution in [0.4, 0.5) is 9.59 Å². The molecule has 52 heavy (non-hydrogen) atoms. The second-order valence-electron chi connectivity index (χ2n) is 14.4. The molecule has 0 spiro atoms. The lowest BCUT2D eigenvalue weighted by Crippen LogP contribution is -2.52. The van der Waals surface area contributed by atoms with Crippen LogP contribution in [0.3, 0.4) is 0 Å². The number of methoxy groups -OCH3 is 1. The molecule has 4 amide bonds. The van der Waals surface area contributed by atoms with Gasteiger partial charge in [-0.15, -0.1) is 0 Å². The van der Waals surface area contributed by atoms with Gasteiger partial charge in [0.15, 0.2) is 0 Å². The summed E-state index contributed by atoms with van der Waals surface area (Å²) in [6.45, 7) is 7.15. The van der Waals surface area contributed by atoms with Crippen LogP contribution in [0.15, 0.2) is 49.1 Å². The number of nitrogens with one attached hydrogen (secondary N) is 2. The second kappa shape index (κ2) is 14.9. The summed E-state index contributed by atoms with van der Waals surface area (Å²) in [5.41, 5.74) is 4.58. The van der Waals surface area contributed by atoms with Gasteiger partial charge in [0, 0.05) is 83.5 Å². The summed E-state index contributed by atoms with van der Waals surface area (Å²) in [4.78, 5) is 54.7. The number of amides is 4. The zero-order valence-corrected chi connectivity index (χ0v) is 30.9. The predicted molar refractivity (Wildman–Crippen MR) is 196 cm³/mol. The van der Waals surface area contributed by atoms with Gasteiger partial charge < -0.3 is 34.5 Å². The summed E-state index contributed by atoms with van der Waals surface area (Å²) < 4.78 is 13.5. The first kappa shape index (κ1) is 35.9. The van der Waals surface area contributed by atoms with Crippen molar-refractivity contribution in [1.82, 2.24) is 39.9 Å². The van der Waals surface area contributed by atoms with Gasteiger partial charge in [0.25, 0.3) is 5.91 Å². The van der Waals surface area contributed by atoms with Crippen molar-refractivity contribution >= 4 is 41.3 Å². The standard InChI is InChI=1S/C38H47ClN8O5/c1-24(2)42-36(49)46-14-9-27(10-15-46)52-37(50)47-18-16-45(17-19-47)34-28-8-7-26(39)21-29(28)30(20-25-6-5-13-41-32(25)34)33(31-22-40-23-44(31)3)43-35(48)38(51-4)11-12-38/h5-8,13,20-24,27,33-34H,9-12,14-19H2,1-4H3,(H,42,49)(H,43,48). The Morgan fingerprint density at radius 2 is 1.75 bits per heavy atom. The number of benzene rings is 1. The Balaban J connectivity index is 1.12. The maximum Gasteiger partial charge on any atom is 0.410 e. The van der Waals surface area contributed by atoms with Gasteiger partial charge in [0.05, 0.1) is 36.0 Å².